The third-order valence-corrected chi connectivity index (χ3v) is 5.57. The van der Waals surface area contributed by atoms with Gasteiger partial charge in [-0.25, -0.2) is 22.6 Å². The average molecular weight is 423 g/mol. The van der Waals surface area contributed by atoms with E-state index in [1.54, 1.807) is 6.92 Å². The predicted molar refractivity (Wildman–Crippen MR) is 99.6 cm³/mol. The summed E-state index contributed by atoms with van der Waals surface area (Å²) >= 11 is 0. The lowest BCUT2D eigenvalue weighted by atomic mass is 10.0. The predicted octanol–water partition coefficient (Wildman–Crippen LogP) is 4.29. The Kier molecular flexibility index (Phi) is 4.18. The van der Waals surface area contributed by atoms with Crippen molar-refractivity contribution in [1.29, 1.82) is 0 Å². The molecule has 0 fully saturated rings. The molecular weight excluding hydrogens is 410 g/mol. The molecular formula is C19H13F4N3O2S. The molecule has 0 atom stereocenters. The summed E-state index contributed by atoms with van der Waals surface area (Å²) < 4.78 is 79.2. The van der Waals surface area contributed by atoms with Gasteiger partial charge in [0.1, 0.15) is 5.82 Å². The quantitative estimate of drug-likeness (QED) is 0.489. The lowest BCUT2D eigenvalue weighted by Crippen LogP contribution is -2.12. The van der Waals surface area contributed by atoms with Gasteiger partial charge < -0.3 is 0 Å². The van der Waals surface area contributed by atoms with Crippen molar-refractivity contribution in [2.45, 2.75) is 18.0 Å². The molecule has 0 amide bonds. The smallest absolute Gasteiger partial charge is 0.232 e. The van der Waals surface area contributed by atoms with E-state index in [2.05, 4.69) is 5.10 Å². The first-order valence-corrected chi connectivity index (χ1v) is 9.84. The zero-order chi connectivity index (χ0) is 21.1. The number of aromatic nitrogens is 2. The van der Waals surface area contributed by atoms with E-state index in [9.17, 15) is 26.0 Å². The molecule has 0 aliphatic rings. The average Bonchev–Trinajstić information content (AvgIpc) is 3.04. The molecule has 0 bridgehead atoms. The normalized spacial score (nSPS) is 12.8. The van der Waals surface area contributed by atoms with Gasteiger partial charge in [-0.2, -0.15) is 18.3 Å². The van der Waals surface area contributed by atoms with Crippen LogP contribution in [-0.4, -0.2) is 18.2 Å². The Labute approximate surface area is 162 Å². The summed E-state index contributed by atoms with van der Waals surface area (Å²) in [6, 6.07) is 10.4. The van der Waals surface area contributed by atoms with Crippen molar-refractivity contribution in [2.24, 2.45) is 5.14 Å². The Hall–Kier alpha value is -2.98. The summed E-state index contributed by atoms with van der Waals surface area (Å²) in [5.74, 6) is -0.532. The van der Waals surface area contributed by atoms with Crippen LogP contribution >= 0.6 is 0 Å². The maximum absolute atomic E-state index is 14.6. The molecule has 4 rings (SSSR count). The van der Waals surface area contributed by atoms with Crippen molar-refractivity contribution >= 4 is 31.7 Å². The molecule has 0 spiro atoms. The third kappa shape index (κ3) is 3.14. The van der Waals surface area contributed by atoms with Gasteiger partial charge in [-0.3, -0.25) is 0 Å². The number of hydrogen-bond donors (Lipinski definition) is 1. The molecule has 0 saturated carbocycles. The first-order valence-electron chi connectivity index (χ1n) is 8.29. The molecule has 0 saturated heterocycles. The lowest BCUT2D eigenvalue weighted by Gasteiger charge is -2.08. The Morgan fingerprint density at radius 1 is 0.931 bits per heavy atom. The van der Waals surface area contributed by atoms with E-state index >= 15 is 0 Å². The van der Waals surface area contributed by atoms with Crippen LogP contribution < -0.4 is 5.14 Å². The van der Waals surface area contributed by atoms with Gasteiger partial charge in [0.15, 0.2) is 5.69 Å². The van der Waals surface area contributed by atoms with Crippen molar-refractivity contribution in [2.75, 3.05) is 0 Å². The lowest BCUT2D eigenvalue weighted by molar-refractivity contribution is -0.140. The van der Waals surface area contributed by atoms with Crippen LogP contribution in [0.2, 0.25) is 0 Å². The second-order valence-electron chi connectivity index (χ2n) is 6.55. The molecule has 10 heteroatoms. The van der Waals surface area contributed by atoms with Gasteiger partial charge in [-0.1, -0.05) is 18.2 Å². The van der Waals surface area contributed by atoms with Gasteiger partial charge in [-0.05, 0) is 42.8 Å². The maximum Gasteiger partial charge on any atom is 0.435 e. The number of halogens is 4. The van der Waals surface area contributed by atoms with Crippen LogP contribution in [0.15, 0.2) is 53.4 Å². The van der Waals surface area contributed by atoms with E-state index in [0.717, 1.165) is 4.68 Å². The maximum atomic E-state index is 14.6. The number of hydrogen-bond acceptors (Lipinski definition) is 3. The zero-order valence-corrected chi connectivity index (χ0v) is 15.6. The molecule has 0 radical (unpaired) electrons. The topological polar surface area (TPSA) is 78.0 Å². The van der Waals surface area contributed by atoms with Crippen LogP contribution in [0.4, 0.5) is 17.6 Å². The molecule has 0 aliphatic carbocycles. The summed E-state index contributed by atoms with van der Waals surface area (Å²) in [6.07, 6.45) is -4.74. The summed E-state index contributed by atoms with van der Waals surface area (Å²) in [5.41, 5.74) is -0.522. The SMILES string of the molecule is Cc1ccc2c(ccc3c(C(F)(F)F)nn(-c4ccc(S(N)(=O)=O)cc4)c32)c1F. The van der Waals surface area contributed by atoms with Crippen LogP contribution in [-0.2, 0) is 16.2 Å². The fraction of sp³-hybridized carbons (Fsp3) is 0.105. The van der Waals surface area contributed by atoms with E-state index in [4.69, 9.17) is 5.14 Å². The van der Waals surface area contributed by atoms with Gasteiger partial charge in [0, 0.05) is 16.2 Å². The Balaban J connectivity index is 2.10. The van der Waals surface area contributed by atoms with Crippen LogP contribution in [0.1, 0.15) is 11.3 Å². The number of alkyl halides is 3. The highest BCUT2D eigenvalue weighted by Crippen LogP contribution is 2.38. The van der Waals surface area contributed by atoms with Crippen LogP contribution in [0.5, 0.6) is 0 Å². The number of rotatable bonds is 2. The molecule has 4 aromatic rings. The van der Waals surface area contributed by atoms with Crippen molar-refractivity contribution in [3.05, 3.63) is 65.6 Å². The van der Waals surface area contributed by atoms with Crippen molar-refractivity contribution in [3.63, 3.8) is 0 Å². The van der Waals surface area contributed by atoms with Crippen LogP contribution in [0.25, 0.3) is 27.4 Å². The van der Waals surface area contributed by atoms with Crippen molar-refractivity contribution in [3.8, 4) is 5.69 Å². The molecule has 1 heterocycles. The Morgan fingerprint density at radius 3 is 2.10 bits per heavy atom. The van der Waals surface area contributed by atoms with Crippen LogP contribution in [0.3, 0.4) is 0 Å². The summed E-state index contributed by atoms with van der Waals surface area (Å²) in [6.45, 7) is 1.56. The number of aryl methyl sites for hydroxylation is 1. The molecule has 3 aromatic carbocycles. The number of nitrogens with zero attached hydrogens (tertiary/aromatic N) is 2. The van der Waals surface area contributed by atoms with Gasteiger partial charge >= 0.3 is 6.18 Å². The molecule has 29 heavy (non-hydrogen) atoms. The van der Waals surface area contributed by atoms with E-state index in [-0.39, 0.29) is 32.3 Å². The molecule has 2 N–H and O–H groups in total. The van der Waals surface area contributed by atoms with Crippen molar-refractivity contribution in [1.82, 2.24) is 9.78 Å². The number of sulfonamides is 1. The number of primary sulfonamides is 1. The fourth-order valence-electron chi connectivity index (χ4n) is 3.26. The molecule has 0 aliphatic heterocycles. The van der Waals surface area contributed by atoms with Gasteiger partial charge in [-0.15, -0.1) is 0 Å². The largest absolute Gasteiger partial charge is 0.435 e. The summed E-state index contributed by atoms with van der Waals surface area (Å²) in [4.78, 5) is -0.194. The summed E-state index contributed by atoms with van der Waals surface area (Å²) in [7, 11) is -3.97. The van der Waals surface area contributed by atoms with Crippen molar-refractivity contribution < 1.29 is 26.0 Å². The van der Waals surface area contributed by atoms with E-state index < -0.39 is 27.7 Å². The second kappa shape index (κ2) is 6.26. The van der Waals surface area contributed by atoms with Gasteiger partial charge in [0.05, 0.1) is 16.1 Å². The number of benzene rings is 3. The number of nitrogens with two attached hydrogens (primary N) is 1. The highest BCUT2D eigenvalue weighted by Gasteiger charge is 2.37. The highest BCUT2D eigenvalue weighted by molar-refractivity contribution is 7.89. The number of fused-ring (bicyclic) bond motifs is 3. The minimum Gasteiger partial charge on any atom is -0.232 e. The third-order valence-electron chi connectivity index (χ3n) is 4.65. The minimum atomic E-state index is -4.74. The Bertz CT molecular complexity index is 1380. The zero-order valence-electron chi connectivity index (χ0n) is 14.8. The molecule has 0 unspecified atom stereocenters. The van der Waals surface area contributed by atoms with Gasteiger partial charge in [0.2, 0.25) is 10.0 Å². The first-order chi connectivity index (χ1) is 13.5. The molecule has 5 nitrogen and oxygen atoms in total. The van der Waals surface area contributed by atoms with E-state index in [1.807, 2.05) is 0 Å². The van der Waals surface area contributed by atoms with E-state index in [0.29, 0.717) is 5.56 Å². The summed E-state index contributed by atoms with van der Waals surface area (Å²) in [5, 5.41) is 9.00. The molecule has 150 valence electrons. The minimum absolute atomic E-state index is 0.0667. The standard InChI is InChI=1S/C19H13F4N3O2S/c1-10-2-7-14-13(16(10)20)8-9-15-17(14)26(25-18(15)19(21,22)23)11-3-5-12(6-4-11)29(24,27)28/h2-9H,1H3,(H2,24,27,28). The van der Waals surface area contributed by atoms with Crippen LogP contribution in [0, 0.1) is 12.7 Å². The fourth-order valence-corrected chi connectivity index (χ4v) is 3.77. The Morgan fingerprint density at radius 2 is 1.52 bits per heavy atom. The molecule has 1 aromatic heterocycles. The van der Waals surface area contributed by atoms with Gasteiger partial charge in [0.25, 0.3) is 0 Å². The van der Waals surface area contributed by atoms with E-state index in [1.165, 1.54) is 48.5 Å². The first kappa shape index (κ1) is 19.3. The monoisotopic (exact) mass is 423 g/mol. The second-order valence-corrected chi connectivity index (χ2v) is 8.11. The highest BCUT2D eigenvalue weighted by atomic mass is 32.2.